The fraction of sp³-hybridized carbons (Fsp3) is 0.571. The second kappa shape index (κ2) is 6.43. The molecule has 1 fully saturated rings. The summed E-state index contributed by atoms with van der Waals surface area (Å²) in [7, 11) is 0. The number of carbonyl (C=O) groups excluding carboxylic acids is 1. The van der Waals surface area contributed by atoms with E-state index in [-0.39, 0.29) is 11.9 Å². The molecular weight excluding hydrogens is 300 g/mol. The van der Waals surface area contributed by atoms with Crippen LogP contribution in [0.25, 0.3) is 0 Å². The Morgan fingerprint density at radius 3 is 3.05 bits per heavy atom. The molecule has 3 rings (SSSR count). The molecule has 0 aromatic carbocycles. The van der Waals surface area contributed by atoms with E-state index >= 15 is 0 Å². The molecule has 3 N–H and O–H groups in total. The number of nitrogens with two attached hydrogens (primary N) is 1. The van der Waals surface area contributed by atoms with Crippen LogP contribution in [-0.4, -0.2) is 25.7 Å². The summed E-state index contributed by atoms with van der Waals surface area (Å²) in [6, 6.07) is -0.0320. The van der Waals surface area contributed by atoms with Gasteiger partial charge in [-0.1, -0.05) is 0 Å². The zero-order valence-corrected chi connectivity index (χ0v) is 13.3. The quantitative estimate of drug-likeness (QED) is 0.806. The number of nitrogens with one attached hydrogen (secondary N) is 1. The molecule has 1 aliphatic rings. The minimum atomic E-state index is -0.0320. The highest BCUT2D eigenvalue weighted by atomic mass is 32.1. The standard InChI is InChI=1S/C14H20N6OS/c1-2-20-13(16-8-17-20)12(9-3-4-9)19-11(21)6-5-10-7-22-14(15)18-10/h7-9,12H,2-6H2,1H3,(H2,15,18)(H,19,21)/t12-/m1/s1. The third kappa shape index (κ3) is 3.44. The van der Waals surface area contributed by atoms with Crippen LogP contribution < -0.4 is 11.1 Å². The Morgan fingerprint density at radius 2 is 2.41 bits per heavy atom. The molecule has 1 atom stereocenters. The average molecular weight is 320 g/mol. The van der Waals surface area contributed by atoms with Crippen LogP contribution in [0.1, 0.15) is 43.7 Å². The number of amides is 1. The molecule has 0 unspecified atom stereocenters. The number of rotatable bonds is 7. The Hall–Kier alpha value is -1.96. The van der Waals surface area contributed by atoms with Crippen molar-refractivity contribution in [2.45, 2.75) is 45.2 Å². The zero-order chi connectivity index (χ0) is 15.5. The van der Waals surface area contributed by atoms with Crippen LogP contribution in [0, 0.1) is 5.92 Å². The van der Waals surface area contributed by atoms with E-state index in [0.717, 1.165) is 30.9 Å². The highest BCUT2D eigenvalue weighted by molar-refractivity contribution is 7.13. The van der Waals surface area contributed by atoms with Gasteiger partial charge in [-0.3, -0.25) is 4.79 Å². The second-order valence-corrected chi connectivity index (χ2v) is 6.38. The summed E-state index contributed by atoms with van der Waals surface area (Å²) in [4.78, 5) is 20.7. The lowest BCUT2D eigenvalue weighted by Gasteiger charge is -2.18. The van der Waals surface area contributed by atoms with Crippen molar-refractivity contribution in [2.24, 2.45) is 5.92 Å². The molecule has 0 bridgehead atoms. The number of thiazole rings is 1. The van der Waals surface area contributed by atoms with E-state index in [9.17, 15) is 4.79 Å². The molecule has 1 aliphatic carbocycles. The largest absolute Gasteiger partial charge is 0.375 e. The topological polar surface area (TPSA) is 98.7 Å². The molecule has 22 heavy (non-hydrogen) atoms. The molecule has 7 nitrogen and oxygen atoms in total. The zero-order valence-electron chi connectivity index (χ0n) is 12.5. The highest BCUT2D eigenvalue weighted by Gasteiger charge is 2.36. The molecule has 0 saturated heterocycles. The normalized spacial score (nSPS) is 15.7. The molecule has 1 amide bonds. The van der Waals surface area contributed by atoms with Crippen molar-refractivity contribution in [3.05, 3.63) is 23.2 Å². The van der Waals surface area contributed by atoms with Crippen LogP contribution >= 0.6 is 11.3 Å². The number of hydrogen-bond donors (Lipinski definition) is 2. The number of hydrogen-bond acceptors (Lipinski definition) is 6. The van der Waals surface area contributed by atoms with Gasteiger partial charge >= 0.3 is 0 Å². The lowest BCUT2D eigenvalue weighted by atomic mass is 10.1. The number of nitrogens with zero attached hydrogens (tertiary/aromatic N) is 4. The average Bonchev–Trinajstić information content (AvgIpc) is 3.09. The van der Waals surface area contributed by atoms with Crippen LogP contribution in [0.5, 0.6) is 0 Å². The third-order valence-corrected chi connectivity index (χ3v) is 4.53. The lowest BCUT2D eigenvalue weighted by molar-refractivity contribution is -0.122. The predicted molar refractivity (Wildman–Crippen MR) is 84.2 cm³/mol. The number of carbonyl (C=O) groups is 1. The third-order valence-electron chi connectivity index (χ3n) is 3.81. The number of aryl methyl sites for hydroxylation is 2. The first-order chi connectivity index (χ1) is 10.7. The van der Waals surface area contributed by atoms with Gasteiger partial charge in [0.25, 0.3) is 0 Å². The molecular formula is C14H20N6OS. The molecule has 0 radical (unpaired) electrons. The number of aromatic nitrogens is 4. The molecule has 2 aromatic rings. The summed E-state index contributed by atoms with van der Waals surface area (Å²) < 4.78 is 1.85. The van der Waals surface area contributed by atoms with Gasteiger partial charge in [0.15, 0.2) is 5.13 Å². The maximum atomic E-state index is 12.2. The first-order valence-corrected chi connectivity index (χ1v) is 8.42. The van der Waals surface area contributed by atoms with Crippen molar-refractivity contribution in [3.8, 4) is 0 Å². The van der Waals surface area contributed by atoms with Crippen molar-refractivity contribution in [1.82, 2.24) is 25.1 Å². The van der Waals surface area contributed by atoms with E-state index in [1.807, 2.05) is 17.0 Å². The first-order valence-electron chi connectivity index (χ1n) is 7.54. The van der Waals surface area contributed by atoms with E-state index in [2.05, 4.69) is 20.4 Å². The van der Waals surface area contributed by atoms with Crippen molar-refractivity contribution in [1.29, 1.82) is 0 Å². The molecule has 2 aromatic heterocycles. The van der Waals surface area contributed by atoms with Gasteiger partial charge in [0.05, 0.1) is 11.7 Å². The Bertz CT molecular complexity index is 647. The molecule has 118 valence electrons. The Kier molecular flexibility index (Phi) is 4.37. The van der Waals surface area contributed by atoms with Crippen LogP contribution in [0.15, 0.2) is 11.7 Å². The first kappa shape index (κ1) is 15.0. The van der Waals surface area contributed by atoms with Gasteiger partial charge < -0.3 is 11.1 Å². The maximum Gasteiger partial charge on any atom is 0.220 e. The van der Waals surface area contributed by atoms with Gasteiger partial charge in [-0.25, -0.2) is 14.6 Å². The van der Waals surface area contributed by atoms with Crippen molar-refractivity contribution in [2.75, 3.05) is 5.73 Å². The second-order valence-electron chi connectivity index (χ2n) is 5.49. The predicted octanol–water partition coefficient (Wildman–Crippen LogP) is 1.54. The van der Waals surface area contributed by atoms with E-state index in [0.29, 0.717) is 23.9 Å². The van der Waals surface area contributed by atoms with Crippen molar-refractivity contribution < 1.29 is 4.79 Å². The summed E-state index contributed by atoms with van der Waals surface area (Å²) in [5, 5.41) is 9.76. The summed E-state index contributed by atoms with van der Waals surface area (Å²) in [6.45, 7) is 2.78. The molecule has 0 aliphatic heterocycles. The van der Waals surface area contributed by atoms with Gasteiger partial charge in [0.1, 0.15) is 12.2 Å². The highest BCUT2D eigenvalue weighted by Crippen LogP contribution is 2.40. The fourth-order valence-corrected chi connectivity index (χ4v) is 3.10. The van der Waals surface area contributed by atoms with Gasteiger partial charge in [0.2, 0.25) is 5.91 Å². The van der Waals surface area contributed by atoms with Gasteiger partial charge in [0, 0.05) is 18.3 Å². The van der Waals surface area contributed by atoms with E-state index in [4.69, 9.17) is 5.73 Å². The van der Waals surface area contributed by atoms with Crippen LogP contribution in [-0.2, 0) is 17.8 Å². The monoisotopic (exact) mass is 320 g/mol. The Balaban J connectivity index is 1.60. The minimum Gasteiger partial charge on any atom is -0.375 e. The molecule has 2 heterocycles. The summed E-state index contributed by atoms with van der Waals surface area (Å²) in [5.41, 5.74) is 6.47. The molecule has 8 heteroatoms. The Labute approximate surface area is 133 Å². The van der Waals surface area contributed by atoms with Crippen molar-refractivity contribution >= 4 is 22.4 Å². The van der Waals surface area contributed by atoms with Crippen LogP contribution in [0.2, 0.25) is 0 Å². The maximum absolute atomic E-state index is 12.2. The molecule has 0 spiro atoms. The van der Waals surface area contributed by atoms with E-state index in [1.54, 1.807) is 6.33 Å². The van der Waals surface area contributed by atoms with Crippen LogP contribution in [0.3, 0.4) is 0 Å². The number of nitrogen functional groups attached to an aromatic ring is 1. The SMILES string of the molecule is CCn1ncnc1[C@H](NC(=O)CCc1csc(N)n1)C1CC1. The minimum absolute atomic E-state index is 0.0223. The molecule has 1 saturated carbocycles. The van der Waals surface area contributed by atoms with Crippen molar-refractivity contribution in [3.63, 3.8) is 0 Å². The van der Waals surface area contributed by atoms with Gasteiger partial charge in [-0.05, 0) is 32.1 Å². The van der Waals surface area contributed by atoms with Crippen LogP contribution in [0.4, 0.5) is 5.13 Å². The number of anilines is 1. The summed E-state index contributed by atoms with van der Waals surface area (Å²) in [6.07, 6.45) is 4.83. The summed E-state index contributed by atoms with van der Waals surface area (Å²) in [5.74, 6) is 1.36. The van der Waals surface area contributed by atoms with E-state index < -0.39 is 0 Å². The van der Waals surface area contributed by atoms with Gasteiger partial charge in [-0.2, -0.15) is 5.10 Å². The fourth-order valence-electron chi connectivity index (χ4n) is 2.51. The van der Waals surface area contributed by atoms with E-state index in [1.165, 1.54) is 11.3 Å². The Morgan fingerprint density at radius 1 is 1.59 bits per heavy atom. The lowest BCUT2D eigenvalue weighted by Crippen LogP contribution is -2.32. The summed E-state index contributed by atoms with van der Waals surface area (Å²) >= 11 is 1.40. The smallest absolute Gasteiger partial charge is 0.220 e. The van der Waals surface area contributed by atoms with Gasteiger partial charge in [-0.15, -0.1) is 11.3 Å².